The third-order valence-corrected chi connectivity index (χ3v) is 3.57. The third-order valence-electron chi connectivity index (χ3n) is 3.57. The molecule has 1 fully saturated rings. The Balaban J connectivity index is 2.28. The summed E-state index contributed by atoms with van der Waals surface area (Å²) in [6.45, 7) is 6.88. The normalized spacial score (nSPS) is 19.3. The number of carbonyl (C=O) groups is 1. The van der Waals surface area contributed by atoms with Crippen molar-refractivity contribution in [3.8, 4) is 0 Å². The van der Waals surface area contributed by atoms with E-state index in [0.717, 1.165) is 12.1 Å². The van der Waals surface area contributed by atoms with Gasteiger partial charge in [0.2, 0.25) is 0 Å². The predicted octanol–water partition coefficient (Wildman–Crippen LogP) is 1.58. The van der Waals surface area contributed by atoms with E-state index in [4.69, 9.17) is 10.5 Å². The Kier molecular flexibility index (Phi) is 3.78. The number of carboxylic acid groups (broad SMARTS) is 1. The van der Waals surface area contributed by atoms with E-state index in [0.29, 0.717) is 25.4 Å². The van der Waals surface area contributed by atoms with Gasteiger partial charge in [0.25, 0.3) is 0 Å². The lowest BCUT2D eigenvalue weighted by atomic mass is 9.99. The monoisotopic (exact) mass is 264 g/mol. The molecule has 1 saturated heterocycles. The smallest absolute Gasteiger partial charge is 0.338 e. The van der Waals surface area contributed by atoms with Crippen LogP contribution >= 0.6 is 0 Å². The van der Waals surface area contributed by atoms with Gasteiger partial charge in [0.15, 0.2) is 0 Å². The Morgan fingerprint density at radius 3 is 2.89 bits per heavy atom. The highest BCUT2D eigenvalue weighted by Crippen LogP contribution is 2.25. The predicted molar refractivity (Wildman–Crippen MR) is 73.1 cm³/mol. The summed E-state index contributed by atoms with van der Waals surface area (Å²) in [5.41, 5.74) is 6.95. The van der Waals surface area contributed by atoms with Crippen molar-refractivity contribution in [1.82, 2.24) is 4.90 Å². The van der Waals surface area contributed by atoms with Crippen molar-refractivity contribution in [2.24, 2.45) is 0 Å². The summed E-state index contributed by atoms with van der Waals surface area (Å²) >= 11 is 0. The van der Waals surface area contributed by atoms with Crippen LogP contribution in [0.3, 0.4) is 0 Å². The van der Waals surface area contributed by atoms with E-state index >= 15 is 0 Å². The molecule has 5 heteroatoms. The largest absolute Gasteiger partial charge is 0.478 e. The van der Waals surface area contributed by atoms with Gasteiger partial charge in [0.05, 0.1) is 18.8 Å². The molecule has 19 heavy (non-hydrogen) atoms. The average Bonchev–Trinajstić information content (AvgIpc) is 2.31. The molecule has 1 aromatic carbocycles. The van der Waals surface area contributed by atoms with Crippen LogP contribution in [0.2, 0.25) is 0 Å². The maximum absolute atomic E-state index is 11.3. The highest BCUT2D eigenvalue weighted by atomic mass is 16.5. The molecular formula is C14H20N2O3. The summed E-state index contributed by atoms with van der Waals surface area (Å²) in [6.07, 6.45) is 0. The number of aromatic carboxylic acids is 1. The lowest BCUT2D eigenvalue weighted by Crippen LogP contribution is -2.52. The summed E-state index contributed by atoms with van der Waals surface area (Å²) < 4.78 is 5.47. The summed E-state index contributed by atoms with van der Waals surface area (Å²) in [4.78, 5) is 13.6. The zero-order valence-electron chi connectivity index (χ0n) is 11.3. The number of nitrogen functional groups attached to an aromatic ring is 1. The molecule has 0 unspecified atom stereocenters. The molecule has 3 N–H and O–H groups in total. The number of rotatable bonds is 3. The number of nitrogens with two attached hydrogens (primary N) is 1. The fourth-order valence-corrected chi connectivity index (χ4v) is 2.40. The molecule has 0 spiro atoms. The number of carboxylic acids is 1. The van der Waals surface area contributed by atoms with Crippen LogP contribution < -0.4 is 5.73 Å². The number of ether oxygens (including phenoxy) is 1. The Morgan fingerprint density at radius 1 is 1.53 bits per heavy atom. The minimum absolute atomic E-state index is 0.0986. The molecule has 104 valence electrons. The van der Waals surface area contributed by atoms with Gasteiger partial charge in [0, 0.05) is 24.3 Å². The lowest BCUT2D eigenvalue weighted by molar-refractivity contribution is -0.0553. The molecule has 0 aliphatic carbocycles. The molecule has 1 aromatic rings. The third kappa shape index (κ3) is 2.88. The van der Waals surface area contributed by atoms with E-state index in [-0.39, 0.29) is 11.1 Å². The second-order valence-electron chi connectivity index (χ2n) is 5.47. The van der Waals surface area contributed by atoms with E-state index in [1.54, 1.807) is 12.1 Å². The van der Waals surface area contributed by atoms with Gasteiger partial charge < -0.3 is 15.6 Å². The summed E-state index contributed by atoms with van der Waals surface area (Å²) in [5, 5.41) is 9.28. The zero-order chi connectivity index (χ0) is 14.0. The highest BCUT2D eigenvalue weighted by Gasteiger charge is 2.31. The number of morpholine rings is 1. The minimum atomic E-state index is -0.973. The summed E-state index contributed by atoms with van der Waals surface area (Å²) in [5.74, 6) is -0.973. The molecule has 1 aliphatic rings. The van der Waals surface area contributed by atoms with Crippen molar-refractivity contribution in [3.05, 3.63) is 29.3 Å². The Labute approximate surface area is 113 Å². The van der Waals surface area contributed by atoms with Gasteiger partial charge in [-0.05, 0) is 25.5 Å². The van der Waals surface area contributed by atoms with Crippen molar-refractivity contribution >= 4 is 11.7 Å². The van der Waals surface area contributed by atoms with Crippen LogP contribution in [0.25, 0.3) is 0 Å². The molecule has 0 bridgehead atoms. The lowest BCUT2D eigenvalue weighted by Gasteiger charge is -2.42. The van der Waals surface area contributed by atoms with Crippen LogP contribution in [0, 0.1) is 0 Å². The zero-order valence-corrected chi connectivity index (χ0v) is 11.3. The number of anilines is 1. The highest BCUT2D eigenvalue weighted by molar-refractivity contribution is 5.95. The molecule has 2 rings (SSSR count). The molecule has 0 atom stereocenters. The van der Waals surface area contributed by atoms with Gasteiger partial charge in [-0.15, -0.1) is 0 Å². The van der Waals surface area contributed by atoms with E-state index in [9.17, 15) is 9.90 Å². The molecule has 0 amide bonds. The van der Waals surface area contributed by atoms with Gasteiger partial charge >= 0.3 is 5.97 Å². The Bertz CT molecular complexity index is 486. The number of hydrogen-bond acceptors (Lipinski definition) is 4. The van der Waals surface area contributed by atoms with Crippen LogP contribution in [0.4, 0.5) is 5.69 Å². The van der Waals surface area contributed by atoms with Crippen molar-refractivity contribution in [2.45, 2.75) is 25.9 Å². The van der Waals surface area contributed by atoms with Crippen LogP contribution in [0.1, 0.15) is 29.8 Å². The van der Waals surface area contributed by atoms with Gasteiger partial charge in [-0.1, -0.05) is 12.1 Å². The van der Waals surface area contributed by atoms with E-state index in [1.807, 2.05) is 6.07 Å². The van der Waals surface area contributed by atoms with Gasteiger partial charge in [-0.3, -0.25) is 4.90 Å². The topological polar surface area (TPSA) is 75.8 Å². The molecule has 1 heterocycles. The average molecular weight is 264 g/mol. The second-order valence-corrected chi connectivity index (χ2v) is 5.47. The first-order valence-corrected chi connectivity index (χ1v) is 6.35. The van der Waals surface area contributed by atoms with Crippen molar-refractivity contribution in [3.63, 3.8) is 0 Å². The molecule has 0 aromatic heterocycles. The van der Waals surface area contributed by atoms with Crippen LogP contribution in [-0.4, -0.2) is 41.3 Å². The standard InChI is InChI=1S/C14H20N2O3/c1-14(2)9-19-7-6-16(14)8-10-4-3-5-11(15)12(10)13(17)18/h3-5H,6-9,15H2,1-2H3,(H,17,18). The van der Waals surface area contributed by atoms with E-state index in [2.05, 4.69) is 18.7 Å². The minimum Gasteiger partial charge on any atom is -0.478 e. The van der Waals surface area contributed by atoms with Crippen molar-refractivity contribution < 1.29 is 14.6 Å². The maximum Gasteiger partial charge on any atom is 0.338 e. The maximum atomic E-state index is 11.3. The molecular weight excluding hydrogens is 244 g/mol. The van der Waals surface area contributed by atoms with Crippen molar-refractivity contribution in [2.75, 3.05) is 25.5 Å². The molecule has 0 saturated carbocycles. The summed E-state index contributed by atoms with van der Waals surface area (Å²) in [6, 6.07) is 5.24. The number of nitrogens with zero attached hydrogens (tertiary/aromatic N) is 1. The van der Waals surface area contributed by atoms with E-state index in [1.165, 1.54) is 0 Å². The van der Waals surface area contributed by atoms with Crippen LogP contribution in [0.15, 0.2) is 18.2 Å². The SMILES string of the molecule is CC1(C)COCCN1Cc1cccc(N)c1C(=O)O. The Morgan fingerprint density at radius 2 is 2.26 bits per heavy atom. The fourth-order valence-electron chi connectivity index (χ4n) is 2.40. The summed E-state index contributed by atoms with van der Waals surface area (Å²) in [7, 11) is 0. The first-order valence-electron chi connectivity index (χ1n) is 6.35. The van der Waals surface area contributed by atoms with E-state index < -0.39 is 5.97 Å². The first kappa shape index (κ1) is 13.8. The second kappa shape index (κ2) is 5.19. The fraction of sp³-hybridized carbons (Fsp3) is 0.500. The van der Waals surface area contributed by atoms with Crippen LogP contribution in [-0.2, 0) is 11.3 Å². The number of benzene rings is 1. The molecule has 1 aliphatic heterocycles. The van der Waals surface area contributed by atoms with Crippen molar-refractivity contribution in [1.29, 1.82) is 0 Å². The molecule has 5 nitrogen and oxygen atoms in total. The quantitative estimate of drug-likeness (QED) is 0.811. The first-order chi connectivity index (χ1) is 8.92. The number of hydrogen-bond donors (Lipinski definition) is 2. The van der Waals surface area contributed by atoms with Gasteiger partial charge in [-0.25, -0.2) is 4.79 Å². The van der Waals surface area contributed by atoms with Crippen LogP contribution in [0.5, 0.6) is 0 Å². The Hall–Kier alpha value is -1.59. The molecule has 0 radical (unpaired) electrons. The van der Waals surface area contributed by atoms with Gasteiger partial charge in [-0.2, -0.15) is 0 Å². The van der Waals surface area contributed by atoms with Gasteiger partial charge in [0.1, 0.15) is 0 Å².